The summed E-state index contributed by atoms with van der Waals surface area (Å²) in [6.07, 6.45) is 3.27. The molecule has 0 radical (unpaired) electrons. The van der Waals surface area contributed by atoms with Gasteiger partial charge in [0.1, 0.15) is 5.78 Å². The second-order valence-electron chi connectivity index (χ2n) is 9.44. The van der Waals surface area contributed by atoms with E-state index >= 15 is 0 Å². The molecule has 0 heterocycles. The first-order valence-corrected chi connectivity index (χ1v) is 9.42. The summed E-state index contributed by atoms with van der Waals surface area (Å²) in [5, 5.41) is 32.0. The molecule has 4 fully saturated rings. The quantitative estimate of drug-likeness (QED) is 0.642. The molecule has 2 bridgehead atoms. The highest BCUT2D eigenvalue weighted by molar-refractivity contribution is 5.90. The van der Waals surface area contributed by atoms with Crippen molar-refractivity contribution in [2.24, 2.45) is 34.0 Å². The van der Waals surface area contributed by atoms with Crippen molar-refractivity contribution in [3.05, 3.63) is 12.2 Å². The van der Waals surface area contributed by atoms with Crippen molar-refractivity contribution < 1.29 is 20.1 Å². The normalized spacial score (nSPS) is 56.8. The van der Waals surface area contributed by atoms with Crippen LogP contribution in [0.5, 0.6) is 0 Å². The first-order valence-electron chi connectivity index (χ1n) is 9.42. The Balaban J connectivity index is 1.86. The van der Waals surface area contributed by atoms with E-state index in [2.05, 4.69) is 20.4 Å². The lowest BCUT2D eigenvalue weighted by molar-refractivity contribution is -0.207. The van der Waals surface area contributed by atoms with Crippen LogP contribution >= 0.6 is 0 Å². The van der Waals surface area contributed by atoms with Crippen LogP contribution in [0.1, 0.15) is 52.4 Å². The zero-order valence-electron chi connectivity index (χ0n) is 14.8. The van der Waals surface area contributed by atoms with Gasteiger partial charge < -0.3 is 15.3 Å². The SMILES string of the molecule is C=C1C2CCC3C4(C)CCCC(C)(CO)C4CC(=O)C3(C1O)C2O. The number of aliphatic hydroxyl groups is 3. The lowest BCUT2D eigenvalue weighted by Gasteiger charge is -2.64. The topological polar surface area (TPSA) is 77.8 Å². The van der Waals surface area contributed by atoms with E-state index < -0.39 is 17.6 Å². The molecule has 1 spiro atoms. The van der Waals surface area contributed by atoms with Crippen molar-refractivity contribution in [1.29, 1.82) is 0 Å². The van der Waals surface area contributed by atoms with Gasteiger partial charge in [-0.25, -0.2) is 0 Å². The largest absolute Gasteiger partial charge is 0.396 e. The Hall–Kier alpha value is -0.710. The molecule has 4 saturated carbocycles. The molecule has 8 unspecified atom stereocenters. The minimum absolute atomic E-state index is 0.0000926. The zero-order valence-corrected chi connectivity index (χ0v) is 14.8. The van der Waals surface area contributed by atoms with Crippen molar-refractivity contribution in [2.75, 3.05) is 6.61 Å². The fraction of sp³-hybridized carbons (Fsp3) is 0.850. The van der Waals surface area contributed by atoms with Gasteiger partial charge in [-0.3, -0.25) is 4.79 Å². The van der Waals surface area contributed by atoms with Gasteiger partial charge in [-0.15, -0.1) is 0 Å². The second kappa shape index (κ2) is 4.93. The number of Topliss-reactive ketones (excluding diaryl/α,β-unsaturated/α-hetero) is 1. The Labute approximate surface area is 144 Å². The molecule has 4 heteroatoms. The van der Waals surface area contributed by atoms with Crippen LogP contribution in [0.25, 0.3) is 0 Å². The summed E-state index contributed by atoms with van der Waals surface area (Å²) < 4.78 is 0. The molecule has 8 atom stereocenters. The number of rotatable bonds is 1. The molecule has 0 aromatic heterocycles. The van der Waals surface area contributed by atoms with Gasteiger partial charge in [-0.1, -0.05) is 26.8 Å². The highest BCUT2D eigenvalue weighted by Gasteiger charge is 2.73. The van der Waals surface area contributed by atoms with Gasteiger partial charge in [0.05, 0.1) is 17.6 Å². The van der Waals surface area contributed by atoms with E-state index in [0.29, 0.717) is 12.0 Å². The second-order valence-corrected chi connectivity index (χ2v) is 9.44. The molecule has 4 aliphatic carbocycles. The first-order chi connectivity index (χ1) is 11.2. The first kappa shape index (κ1) is 16.7. The van der Waals surface area contributed by atoms with E-state index in [1.807, 2.05) is 0 Å². The summed E-state index contributed by atoms with van der Waals surface area (Å²) in [6.45, 7) is 8.46. The van der Waals surface area contributed by atoms with Crippen molar-refractivity contribution in [3.63, 3.8) is 0 Å². The van der Waals surface area contributed by atoms with Crippen LogP contribution in [0, 0.1) is 34.0 Å². The standard InChI is InChI=1S/C20H30O4/c1-11-12-5-6-13-19(3)8-4-7-18(2,10-21)14(19)9-15(22)20(13,16(11)23)17(12)24/h12-14,16-17,21,23-24H,1,4-10H2,2-3H3. The molecule has 3 N–H and O–H groups in total. The fourth-order valence-corrected chi connectivity index (χ4v) is 7.38. The summed E-state index contributed by atoms with van der Waals surface area (Å²) in [5.74, 6) is -0.0484. The average molecular weight is 334 g/mol. The molecule has 0 aliphatic heterocycles. The minimum atomic E-state index is -1.06. The summed E-state index contributed by atoms with van der Waals surface area (Å²) in [4.78, 5) is 13.3. The maximum atomic E-state index is 13.3. The Morgan fingerprint density at radius 2 is 1.88 bits per heavy atom. The fourth-order valence-electron chi connectivity index (χ4n) is 7.38. The van der Waals surface area contributed by atoms with E-state index in [0.717, 1.165) is 32.1 Å². The molecule has 0 aromatic rings. The molecule has 4 rings (SSSR count). The van der Waals surface area contributed by atoms with Crippen molar-refractivity contribution in [1.82, 2.24) is 0 Å². The van der Waals surface area contributed by atoms with E-state index in [1.165, 1.54) is 0 Å². The van der Waals surface area contributed by atoms with Crippen LogP contribution in [0.15, 0.2) is 12.2 Å². The number of carbonyl (C=O) groups is 1. The van der Waals surface area contributed by atoms with Gasteiger partial charge in [0, 0.05) is 18.9 Å². The minimum Gasteiger partial charge on any atom is -0.396 e. The van der Waals surface area contributed by atoms with Crippen LogP contribution < -0.4 is 0 Å². The lowest BCUT2D eigenvalue weighted by atomic mass is 9.40. The molecule has 4 aliphatic rings. The van der Waals surface area contributed by atoms with Crippen molar-refractivity contribution in [3.8, 4) is 0 Å². The Bertz CT molecular complexity index is 600. The molecule has 0 aromatic carbocycles. The third-order valence-electron chi connectivity index (χ3n) is 8.62. The van der Waals surface area contributed by atoms with Crippen LogP contribution in [0.3, 0.4) is 0 Å². The van der Waals surface area contributed by atoms with Gasteiger partial charge in [-0.2, -0.15) is 0 Å². The zero-order chi connectivity index (χ0) is 17.5. The lowest BCUT2D eigenvalue weighted by Crippen LogP contribution is -2.66. The Kier molecular flexibility index (Phi) is 3.44. The van der Waals surface area contributed by atoms with Gasteiger partial charge in [0.15, 0.2) is 0 Å². The number of fused-ring (bicyclic) bond motifs is 3. The summed E-state index contributed by atoms with van der Waals surface area (Å²) >= 11 is 0. The van der Waals surface area contributed by atoms with Gasteiger partial charge >= 0.3 is 0 Å². The number of carbonyl (C=O) groups excluding carboxylic acids is 1. The van der Waals surface area contributed by atoms with Gasteiger partial charge in [0.2, 0.25) is 0 Å². The average Bonchev–Trinajstić information content (AvgIpc) is 2.66. The predicted octanol–water partition coefficient (Wildman–Crippen LogP) is 2.07. The van der Waals surface area contributed by atoms with Crippen molar-refractivity contribution >= 4 is 5.78 Å². The number of hydrogen-bond acceptors (Lipinski definition) is 4. The third-order valence-corrected chi connectivity index (χ3v) is 8.62. The Morgan fingerprint density at radius 1 is 1.17 bits per heavy atom. The smallest absolute Gasteiger partial charge is 0.145 e. The summed E-state index contributed by atoms with van der Waals surface area (Å²) in [6, 6.07) is 0. The van der Waals surface area contributed by atoms with E-state index in [4.69, 9.17) is 0 Å². The monoisotopic (exact) mass is 334 g/mol. The maximum absolute atomic E-state index is 13.3. The molecule has 134 valence electrons. The Morgan fingerprint density at radius 3 is 2.54 bits per heavy atom. The molecule has 4 nitrogen and oxygen atoms in total. The molecule has 0 amide bonds. The van der Waals surface area contributed by atoms with E-state index in [-0.39, 0.29) is 41.0 Å². The van der Waals surface area contributed by atoms with E-state index in [1.54, 1.807) is 0 Å². The summed E-state index contributed by atoms with van der Waals surface area (Å²) in [7, 11) is 0. The number of aliphatic hydroxyl groups excluding tert-OH is 3. The summed E-state index contributed by atoms with van der Waals surface area (Å²) in [5.41, 5.74) is -0.770. The van der Waals surface area contributed by atoms with Crippen LogP contribution in [-0.4, -0.2) is 39.9 Å². The van der Waals surface area contributed by atoms with Crippen LogP contribution in [0.4, 0.5) is 0 Å². The molecule has 24 heavy (non-hydrogen) atoms. The highest BCUT2D eigenvalue weighted by atomic mass is 16.3. The van der Waals surface area contributed by atoms with Crippen LogP contribution in [-0.2, 0) is 4.79 Å². The number of ketones is 1. The third kappa shape index (κ3) is 1.63. The van der Waals surface area contributed by atoms with Gasteiger partial charge in [-0.05, 0) is 53.9 Å². The van der Waals surface area contributed by atoms with Crippen LogP contribution in [0.2, 0.25) is 0 Å². The van der Waals surface area contributed by atoms with Crippen molar-refractivity contribution in [2.45, 2.75) is 64.6 Å². The predicted molar refractivity (Wildman–Crippen MR) is 90.1 cm³/mol. The van der Waals surface area contributed by atoms with E-state index in [9.17, 15) is 20.1 Å². The number of hydrogen-bond donors (Lipinski definition) is 3. The molecule has 0 saturated heterocycles. The van der Waals surface area contributed by atoms with Gasteiger partial charge in [0.25, 0.3) is 0 Å². The molecular formula is C20H30O4. The highest BCUT2D eigenvalue weighted by Crippen LogP contribution is 2.70. The maximum Gasteiger partial charge on any atom is 0.145 e. The molecular weight excluding hydrogens is 304 g/mol.